The van der Waals surface area contributed by atoms with Crippen molar-refractivity contribution in [3.63, 3.8) is 0 Å². The predicted molar refractivity (Wildman–Crippen MR) is 56.4 cm³/mol. The highest BCUT2D eigenvalue weighted by molar-refractivity contribution is 7.08. The maximum atomic E-state index is 5.64. The quantitative estimate of drug-likeness (QED) is 0.787. The average molecular weight is 197 g/mol. The van der Waals surface area contributed by atoms with Crippen LogP contribution in [0.5, 0.6) is 0 Å². The molecule has 0 radical (unpaired) electrons. The van der Waals surface area contributed by atoms with Crippen molar-refractivity contribution in [3.05, 3.63) is 16.8 Å². The Morgan fingerprint density at radius 2 is 2.46 bits per heavy atom. The van der Waals surface area contributed by atoms with Crippen molar-refractivity contribution >= 4 is 17.0 Å². The molecule has 1 atom stereocenters. The summed E-state index contributed by atoms with van der Waals surface area (Å²) in [6, 6.07) is 2.56. The number of rotatable bonds is 2. The van der Waals surface area contributed by atoms with Crippen LogP contribution < -0.4 is 5.32 Å². The summed E-state index contributed by atoms with van der Waals surface area (Å²) in [7, 11) is 0. The summed E-state index contributed by atoms with van der Waals surface area (Å²) in [5.74, 6) is 0. The molecule has 72 valence electrons. The van der Waals surface area contributed by atoms with E-state index in [0.29, 0.717) is 6.04 Å². The fourth-order valence-corrected chi connectivity index (χ4v) is 2.28. The Morgan fingerprint density at radius 3 is 3.00 bits per heavy atom. The van der Waals surface area contributed by atoms with Crippen molar-refractivity contribution < 1.29 is 4.74 Å². The largest absolute Gasteiger partial charge is 0.379 e. The molecule has 1 aromatic rings. The lowest BCUT2D eigenvalue weighted by Crippen LogP contribution is -2.37. The van der Waals surface area contributed by atoms with E-state index in [1.165, 1.54) is 5.69 Å². The molecule has 0 spiro atoms. The summed E-state index contributed by atoms with van der Waals surface area (Å²) in [6.45, 7) is 5.16. The van der Waals surface area contributed by atoms with Crippen LogP contribution in [0.2, 0.25) is 0 Å². The maximum Gasteiger partial charge on any atom is 0.0827 e. The van der Waals surface area contributed by atoms with E-state index in [2.05, 4.69) is 36.0 Å². The highest BCUT2D eigenvalue weighted by atomic mass is 32.1. The molecule has 2 rings (SSSR count). The van der Waals surface area contributed by atoms with Gasteiger partial charge < -0.3 is 10.1 Å². The van der Waals surface area contributed by atoms with E-state index < -0.39 is 0 Å². The van der Waals surface area contributed by atoms with Gasteiger partial charge in [-0.1, -0.05) is 0 Å². The number of thiophene rings is 1. The van der Waals surface area contributed by atoms with Crippen LogP contribution in [0, 0.1) is 0 Å². The molecular formula is C10H15NOS. The van der Waals surface area contributed by atoms with Gasteiger partial charge in [0.15, 0.2) is 0 Å². The van der Waals surface area contributed by atoms with Crippen LogP contribution in [0.1, 0.15) is 20.3 Å². The van der Waals surface area contributed by atoms with Gasteiger partial charge in [0.25, 0.3) is 0 Å². The summed E-state index contributed by atoms with van der Waals surface area (Å²) in [5.41, 5.74) is 1.19. The molecule has 1 N–H and O–H groups in total. The first-order valence-electron chi connectivity index (χ1n) is 4.61. The van der Waals surface area contributed by atoms with Crippen molar-refractivity contribution in [2.45, 2.75) is 31.9 Å². The van der Waals surface area contributed by atoms with E-state index in [0.717, 1.165) is 13.0 Å². The third-order valence-electron chi connectivity index (χ3n) is 2.58. The minimum Gasteiger partial charge on any atom is -0.379 e. The highest BCUT2D eigenvalue weighted by Crippen LogP contribution is 2.28. The summed E-state index contributed by atoms with van der Waals surface area (Å²) >= 11 is 1.72. The lowest BCUT2D eigenvalue weighted by atomic mass is 9.99. The summed E-state index contributed by atoms with van der Waals surface area (Å²) < 4.78 is 5.64. The number of hydrogen-bond acceptors (Lipinski definition) is 3. The molecule has 2 heterocycles. The zero-order valence-electron chi connectivity index (χ0n) is 8.04. The Morgan fingerprint density at radius 1 is 1.62 bits per heavy atom. The fourth-order valence-electron chi connectivity index (χ4n) is 1.68. The average Bonchev–Trinajstić information content (AvgIpc) is 2.63. The molecular weight excluding hydrogens is 182 g/mol. The van der Waals surface area contributed by atoms with Gasteiger partial charge in [0.05, 0.1) is 11.6 Å². The van der Waals surface area contributed by atoms with E-state index >= 15 is 0 Å². The summed E-state index contributed by atoms with van der Waals surface area (Å²) in [6.07, 6.45) is 1.10. The molecule has 1 fully saturated rings. The second-order valence-corrected chi connectivity index (χ2v) is 4.73. The number of anilines is 1. The molecule has 1 aliphatic heterocycles. The van der Waals surface area contributed by atoms with Crippen molar-refractivity contribution in [1.82, 2.24) is 0 Å². The van der Waals surface area contributed by atoms with E-state index in [9.17, 15) is 0 Å². The van der Waals surface area contributed by atoms with Crippen LogP contribution in [0.15, 0.2) is 16.8 Å². The first-order chi connectivity index (χ1) is 6.18. The van der Waals surface area contributed by atoms with Crippen LogP contribution in [0.3, 0.4) is 0 Å². The Hall–Kier alpha value is -0.540. The predicted octanol–water partition coefficient (Wildman–Crippen LogP) is 2.73. The fraction of sp³-hybridized carbons (Fsp3) is 0.600. The third kappa shape index (κ3) is 1.86. The van der Waals surface area contributed by atoms with E-state index in [4.69, 9.17) is 4.74 Å². The SMILES string of the molecule is CC1(C)OCCC1Nc1ccsc1. The molecule has 0 bridgehead atoms. The standard InChI is InChI=1S/C10H15NOS/c1-10(2)9(3-5-12-10)11-8-4-6-13-7-8/h4,6-7,9,11H,3,5H2,1-2H3. The first-order valence-corrected chi connectivity index (χ1v) is 5.55. The first kappa shape index (κ1) is 9.03. The van der Waals surface area contributed by atoms with Crippen molar-refractivity contribution in [1.29, 1.82) is 0 Å². The van der Waals surface area contributed by atoms with Gasteiger partial charge in [-0.25, -0.2) is 0 Å². The van der Waals surface area contributed by atoms with Crippen LogP contribution in [0.25, 0.3) is 0 Å². The Labute approximate surface area is 82.9 Å². The minimum atomic E-state index is -0.0259. The Kier molecular flexibility index (Phi) is 2.30. The highest BCUT2D eigenvalue weighted by Gasteiger charge is 2.35. The van der Waals surface area contributed by atoms with Crippen LogP contribution in [0.4, 0.5) is 5.69 Å². The van der Waals surface area contributed by atoms with Gasteiger partial charge in [-0.15, -0.1) is 0 Å². The Bertz CT molecular complexity index is 268. The molecule has 0 aromatic carbocycles. The van der Waals surface area contributed by atoms with Gasteiger partial charge in [-0.05, 0) is 31.7 Å². The normalized spacial score (nSPS) is 26.2. The molecule has 1 aromatic heterocycles. The third-order valence-corrected chi connectivity index (χ3v) is 3.27. The van der Waals surface area contributed by atoms with Gasteiger partial charge in [0.1, 0.15) is 0 Å². The van der Waals surface area contributed by atoms with E-state index in [-0.39, 0.29) is 5.60 Å². The smallest absolute Gasteiger partial charge is 0.0827 e. The molecule has 1 aliphatic rings. The molecule has 13 heavy (non-hydrogen) atoms. The Balaban J connectivity index is 2.02. The van der Waals surface area contributed by atoms with Crippen molar-refractivity contribution in [3.8, 4) is 0 Å². The van der Waals surface area contributed by atoms with E-state index in [1.807, 2.05) is 0 Å². The molecule has 3 heteroatoms. The van der Waals surface area contributed by atoms with Gasteiger partial charge in [0, 0.05) is 17.7 Å². The zero-order chi connectivity index (χ0) is 9.31. The van der Waals surface area contributed by atoms with Crippen molar-refractivity contribution in [2.75, 3.05) is 11.9 Å². The van der Waals surface area contributed by atoms with Gasteiger partial charge in [-0.3, -0.25) is 0 Å². The summed E-state index contributed by atoms with van der Waals surface area (Å²) in [5, 5.41) is 7.72. The summed E-state index contributed by atoms with van der Waals surface area (Å²) in [4.78, 5) is 0. The second kappa shape index (κ2) is 3.31. The van der Waals surface area contributed by atoms with Gasteiger partial charge >= 0.3 is 0 Å². The van der Waals surface area contributed by atoms with Crippen LogP contribution in [-0.4, -0.2) is 18.2 Å². The molecule has 0 amide bonds. The molecule has 0 saturated carbocycles. The van der Waals surface area contributed by atoms with E-state index in [1.54, 1.807) is 11.3 Å². The van der Waals surface area contributed by atoms with Crippen LogP contribution in [-0.2, 0) is 4.74 Å². The van der Waals surface area contributed by atoms with Crippen molar-refractivity contribution in [2.24, 2.45) is 0 Å². The zero-order valence-corrected chi connectivity index (χ0v) is 8.86. The topological polar surface area (TPSA) is 21.3 Å². The number of nitrogens with one attached hydrogen (secondary N) is 1. The lowest BCUT2D eigenvalue weighted by Gasteiger charge is -2.26. The van der Waals surface area contributed by atoms with Crippen LogP contribution >= 0.6 is 11.3 Å². The van der Waals surface area contributed by atoms with Gasteiger partial charge in [-0.2, -0.15) is 11.3 Å². The maximum absolute atomic E-state index is 5.64. The number of ether oxygens (including phenoxy) is 1. The van der Waals surface area contributed by atoms with Gasteiger partial charge in [0.2, 0.25) is 0 Å². The second-order valence-electron chi connectivity index (χ2n) is 3.95. The molecule has 0 aliphatic carbocycles. The molecule has 1 unspecified atom stereocenters. The monoisotopic (exact) mass is 197 g/mol. The molecule has 1 saturated heterocycles. The molecule has 2 nitrogen and oxygen atoms in total. The number of hydrogen-bond donors (Lipinski definition) is 1. The lowest BCUT2D eigenvalue weighted by molar-refractivity contribution is 0.0315. The minimum absolute atomic E-state index is 0.0259.